The minimum absolute atomic E-state index is 0.267. The Morgan fingerprint density at radius 1 is 1.14 bits per heavy atom. The van der Waals surface area contributed by atoms with Gasteiger partial charge in [0.2, 0.25) is 0 Å². The molecular formula is C16H14ClN3O. The molecule has 0 radical (unpaired) electrons. The van der Waals surface area contributed by atoms with E-state index in [1.807, 2.05) is 50.2 Å². The van der Waals surface area contributed by atoms with Crippen LogP contribution in [0.15, 0.2) is 41.2 Å². The fourth-order valence-electron chi connectivity index (χ4n) is 2.38. The molecule has 0 aliphatic carbocycles. The normalized spacial score (nSPS) is 11.0. The summed E-state index contributed by atoms with van der Waals surface area (Å²) in [6, 6.07) is 11.6. The molecule has 1 aromatic carbocycles. The van der Waals surface area contributed by atoms with Gasteiger partial charge in [0, 0.05) is 22.3 Å². The van der Waals surface area contributed by atoms with E-state index in [1.165, 1.54) is 0 Å². The van der Waals surface area contributed by atoms with Crippen molar-refractivity contribution < 1.29 is 0 Å². The Morgan fingerprint density at radius 2 is 1.90 bits per heavy atom. The highest BCUT2D eigenvalue weighted by molar-refractivity contribution is 6.30. The third kappa shape index (κ3) is 2.67. The standard InChI is InChI=1S/C16H14ClN3O/c1-10-7-11(2)20(16(21)18-10)9-13-8-12-5-3-4-6-14(12)19-15(13)17/h3-8H,9H2,1-2H3. The summed E-state index contributed by atoms with van der Waals surface area (Å²) in [5.41, 5.74) is 2.97. The van der Waals surface area contributed by atoms with Crippen molar-refractivity contribution in [3.8, 4) is 0 Å². The van der Waals surface area contributed by atoms with Crippen LogP contribution < -0.4 is 5.69 Å². The highest BCUT2D eigenvalue weighted by Gasteiger charge is 2.09. The Balaban J connectivity index is 2.10. The summed E-state index contributed by atoms with van der Waals surface area (Å²) in [4.78, 5) is 20.4. The van der Waals surface area contributed by atoms with Crippen molar-refractivity contribution in [1.29, 1.82) is 0 Å². The lowest BCUT2D eigenvalue weighted by atomic mass is 10.1. The molecular weight excluding hydrogens is 286 g/mol. The summed E-state index contributed by atoms with van der Waals surface area (Å²) in [6.45, 7) is 4.07. The quantitative estimate of drug-likeness (QED) is 0.683. The largest absolute Gasteiger partial charge is 0.348 e. The average molecular weight is 300 g/mol. The van der Waals surface area contributed by atoms with E-state index in [9.17, 15) is 4.79 Å². The second-order valence-corrected chi connectivity index (χ2v) is 5.40. The number of nitrogens with zero attached hydrogens (tertiary/aromatic N) is 3. The van der Waals surface area contributed by atoms with Crippen LogP contribution in [0.4, 0.5) is 0 Å². The molecule has 0 spiro atoms. The first-order valence-corrected chi connectivity index (χ1v) is 7.01. The molecule has 0 bridgehead atoms. The maximum atomic E-state index is 12.0. The van der Waals surface area contributed by atoms with Crippen LogP contribution in [0.1, 0.15) is 17.0 Å². The zero-order valence-electron chi connectivity index (χ0n) is 11.8. The number of fused-ring (bicyclic) bond motifs is 1. The van der Waals surface area contributed by atoms with E-state index in [0.29, 0.717) is 11.7 Å². The van der Waals surface area contributed by atoms with Crippen molar-refractivity contribution in [2.45, 2.75) is 20.4 Å². The first-order chi connectivity index (χ1) is 10.0. The van der Waals surface area contributed by atoms with E-state index in [1.54, 1.807) is 4.57 Å². The number of hydrogen-bond donors (Lipinski definition) is 0. The first kappa shape index (κ1) is 13.8. The van der Waals surface area contributed by atoms with E-state index < -0.39 is 0 Å². The summed E-state index contributed by atoms with van der Waals surface area (Å²) < 4.78 is 1.60. The Kier molecular flexibility index (Phi) is 3.47. The molecule has 0 fully saturated rings. The van der Waals surface area contributed by atoms with E-state index in [4.69, 9.17) is 11.6 Å². The molecule has 3 rings (SSSR count). The Hall–Kier alpha value is -2.20. The van der Waals surface area contributed by atoms with E-state index in [2.05, 4.69) is 9.97 Å². The van der Waals surface area contributed by atoms with Crippen molar-refractivity contribution in [2.24, 2.45) is 0 Å². The fourth-order valence-corrected chi connectivity index (χ4v) is 2.59. The second kappa shape index (κ2) is 5.30. The second-order valence-electron chi connectivity index (χ2n) is 5.04. The third-order valence-electron chi connectivity index (χ3n) is 3.42. The van der Waals surface area contributed by atoms with Crippen LogP contribution in [0.5, 0.6) is 0 Å². The molecule has 4 nitrogen and oxygen atoms in total. The molecule has 3 aromatic rings. The van der Waals surface area contributed by atoms with Crippen LogP contribution in [-0.2, 0) is 6.54 Å². The molecule has 2 heterocycles. The maximum Gasteiger partial charge on any atom is 0.348 e. The van der Waals surface area contributed by atoms with Crippen molar-refractivity contribution in [2.75, 3.05) is 0 Å². The van der Waals surface area contributed by atoms with Crippen LogP contribution in [0.25, 0.3) is 10.9 Å². The molecule has 0 saturated heterocycles. The van der Waals surface area contributed by atoms with Gasteiger partial charge in [-0.1, -0.05) is 29.8 Å². The summed E-state index contributed by atoms with van der Waals surface area (Å²) in [6.07, 6.45) is 0. The average Bonchev–Trinajstić information content (AvgIpc) is 2.43. The summed E-state index contributed by atoms with van der Waals surface area (Å²) in [7, 11) is 0. The lowest BCUT2D eigenvalue weighted by molar-refractivity contribution is 0.693. The molecule has 106 valence electrons. The molecule has 0 aliphatic rings. The minimum Gasteiger partial charge on any atom is -0.292 e. The van der Waals surface area contributed by atoms with Crippen molar-refractivity contribution in [3.63, 3.8) is 0 Å². The van der Waals surface area contributed by atoms with Crippen LogP contribution in [0.3, 0.4) is 0 Å². The molecule has 0 saturated carbocycles. The van der Waals surface area contributed by atoms with Crippen LogP contribution in [-0.4, -0.2) is 14.5 Å². The first-order valence-electron chi connectivity index (χ1n) is 6.64. The Morgan fingerprint density at radius 3 is 2.67 bits per heavy atom. The van der Waals surface area contributed by atoms with Crippen LogP contribution in [0.2, 0.25) is 5.15 Å². The molecule has 0 N–H and O–H groups in total. The Bertz CT molecular complexity index is 886. The number of aromatic nitrogens is 3. The van der Waals surface area contributed by atoms with E-state index in [-0.39, 0.29) is 5.69 Å². The van der Waals surface area contributed by atoms with Gasteiger partial charge in [0.1, 0.15) is 5.15 Å². The lowest BCUT2D eigenvalue weighted by Gasteiger charge is -2.11. The molecule has 0 aliphatic heterocycles. The van der Waals surface area contributed by atoms with Crippen molar-refractivity contribution in [3.05, 3.63) is 69.0 Å². The van der Waals surface area contributed by atoms with Gasteiger partial charge in [-0.3, -0.25) is 4.57 Å². The summed E-state index contributed by atoms with van der Waals surface area (Å²) in [5, 5.41) is 1.42. The SMILES string of the molecule is Cc1cc(C)n(Cc2cc3ccccc3nc2Cl)c(=O)n1. The van der Waals surface area contributed by atoms with Gasteiger partial charge in [0.05, 0.1) is 12.1 Å². The number of benzene rings is 1. The fraction of sp³-hybridized carbons (Fsp3) is 0.188. The van der Waals surface area contributed by atoms with Gasteiger partial charge < -0.3 is 0 Å². The van der Waals surface area contributed by atoms with Gasteiger partial charge in [0.15, 0.2) is 0 Å². The van der Waals surface area contributed by atoms with Gasteiger partial charge in [-0.15, -0.1) is 0 Å². The van der Waals surface area contributed by atoms with Gasteiger partial charge in [-0.2, -0.15) is 4.98 Å². The van der Waals surface area contributed by atoms with Crippen LogP contribution >= 0.6 is 11.6 Å². The van der Waals surface area contributed by atoms with Gasteiger partial charge in [-0.25, -0.2) is 9.78 Å². The van der Waals surface area contributed by atoms with Gasteiger partial charge in [0.25, 0.3) is 0 Å². The highest BCUT2D eigenvalue weighted by Crippen LogP contribution is 2.21. The topological polar surface area (TPSA) is 47.8 Å². The molecule has 21 heavy (non-hydrogen) atoms. The van der Waals surface area contributed by atoms with Crippen molar-refractivity contribution in [1.82, 2.24) is 14.5 Å². The zero-order valence-corrected chi connectivity index (χ0v) is 12.6. The molecule has 0 amide bonds. The summed E-state index contributed by atoms with van der Waals surface area (Å²) >= 11 is 6.24. The Labute approximate surface area is 127 Å². The summed E-state index contributed by atoms with van der Waals surface area (Å²) in [5.74, 6) is 0. The predicted octanol–water partition coefficient (Wildman–Crippen LogP) is 3.11. The molecule has 0 unspecified atom stereocenters. The minimum atomic E-state index is -0.267. The highest BCUT2D eigenvalue weighted by atomic mass is 35.5. The number of rotatable bonds is 2. The number of hydrogen-bond acceptors (Lipinski definition) is 3. The number of pyridine rings is 1. The molecule has 2 aromatic heterocycles. The number of halogens is 1. The monoisotopic (exact) mass is 299 g/mol. The van der Waals surface area contributed by atoms with E-state index in [0.717, 1.165) is 27.9 Å². The molecule has 0 atom stereocenters. The lowest BCUT2D eigenvalue weighted by Crippen LogP contribution is -2.26. The predicted molar refractivity (Wildman–Crippen MR) is 83.8 cm³/mol. The smallest absolute Gasteiger partial charge is 0.292 e. The van der Waals surface area contributed by atoms with Crippen molar-refractivity contribution >= 4 is 22.5 Å². The van der Waals surface area contributed by atoms with Crippen LogP contribution in [0, 0.1) is 13.8 Å². The number of aryl methyl sites for hydroxylation is 2. The van der Waals surface area contributed by atoms with E-state index >= 15 is 0 Å². The molecule has 5 heteroatoms. The maximum absolute atomic E-state index is 12.0. The zero-order chi connectivity index (χ0) is 15.0. The van der Waals surface area contributed by atoms with Gasteiger partial charge in [-0.05, 0) is 32.0 Å². The number of para-hydroxylation sites is 1. The third-order valence-corrected chi connectivity index (χ3v) is 3.75. The van der Waals surface area contributed by atoms with Gasteiger partial charge >= 0.3 is 5.69 Å².